The van der Waals surface area contributed by atoms with E-state index in [4.69, 9.17) is 11.6 Å². The fourth-order valence-corrected chi connectivity index (χ4v) is 4.90. The summed E-state index contributed by atoms with van der Waals surface area (Å²) in [5.41, 5.74) is -0.988. The van der Waals surface area contributed by atoms with Crippen molar-refractivity contribution in [3.05, 3.63) is 59.8 Å². The first-order valence-electron chi connectivity index (χ1n) is 10.6. The number of rotatable bonds is 2. The van der Waals surface area contributed by atoms with Crippen molar-refractivity contribution < 1.29 is 23.5 Å². The van der Waals surface area contributed by atoms with Gasteiger partial charge in [-0.3, -0.25) is 14.6 Å². The van der Waals surface area contributed by atoms with Crippen LogP contribution in [-0.4, -0.2) is 45.4 Å². The molecule has 174 valence electrons. The molecular weight excluding hydrogens is 466 g/mol. The number of halogens is 3. The highest BCUT2D eigenvalue weighted by Crippen LogP contribution is 2.45. The molecule has 2 amide bonds. The fourth-order valence-electron chi connectivity index (χ4n) is 4.61. The van der Waals surface area contributed by atoms with Gasteiger partial charge in [0, 0.05) is 24.0 Å². The summed E-state index contributed by atoms with van der Waals surface area (Å²) in [4.78, 5) is 30.7. The minimum atomic E-state index is -1.01. The van der Waals surface area contributed by atoms with Crippen LogP contribution in [0.15, 0.2) is 43.1 Å². The second kappa shape index (κ2) is 7.95. The number of amides is 2. The van der Waals surface area contributed by atoms with Gasteiger partial charge in [0.15, 0.2) is 5.82 Å². The second-order valence-corrected chi connectivity index (χ2v) is 8.72. The van der Waals surface area contributed by atoms with Crippen molar-refractivity contribution in [2.75, 3.05) is 23.7 Å². The van der Waals surface area contributed by atoms with Crippen LogP contribution in [0.2, 0.25) is 5.02 Å². The first-order valence-corrected chi connectivity index (χ1v) is 10.9. The summed E-state index contributed by atoms with van der Waals surface area (Å²) >= 11 is 6.39. The van der Waals surface area contributed by atoms with Crippen LogP contribution in [0.1, 0.15) is 12.8 Å². The molecule has 34 heavy (non-hydrogen) atoms. The highest BCUT2D eigenvalue weighted by molar-refractivity contribution is 6.34. The molecule has 0 bridgehead atoms. The zero-order valence-electron chi connectivity index (χ0n) is 17.8. The summed E-state index contributed by atoms with van der Waals surface area (Å²) in [6.45, 7) is 4.18. The number of carbonyl (C=O) groups excluding carboxylic acids is 2. The number of nitrogens with one attached hydrogen (secondary N) is 2. The Morgan fingerprint density at radius 1 is 1.26 bits per heavy atom. The quantitative estimate of drug-likeness (QED) is 0.467. The van der Waals surface area contributed by atoms with Gasteiger partial charge in [0.25, 0.3) is 0 Å². The number of aromatic hydroxyl groups is 1. The Balaban J connectivity index is 1.61. The molecular formula is C24H19ClF2N4O3. The summed E-state index contributed by atoms with van der Waals surface area (Å²) in [6, 6.07) is 5.07. The van der Waals surface area contributed by atoms with E-state index in [2.05, 4.69) is 22.2 Å². The number of piperidine rings is 1. The van der Waals surface area contributed by atoms with E-state index in [0.717, 1.165) is 6.07 Å². The molecule has 10 heteroatoms. The number of benzene rings is 2. The van der Waals surface area contributed by atoms with Crippen LogP contribution in [0.4, 0.5) is 20.2 Å². The monoisotopic (exact) mass is 484 g/mol. The minimum Gasteiger partial charge on any atom is -0.507 e. The number of anilines is 2. The summed E-state index contributed by atoms with van der Waals surface area (Å²) in [7, 11) is 0. The van der Waals surface area contributed by atoms with Crippen molar-refractivity contribution in [3.8, 4) is 16.9 Å². The van der Waals surface area contributed by atoms with E-state index in [1.807, 2.05) is 0 Å². The van der Waals surface area contributed by atoms with E-state index in [9.17, 15) is 19.1 Å². The van der Waals surface area contributed by atoms with Gasteiger partial charge in [-0.25, -0.2) is 8.78 Å². The van der Waals surface area contributed by atoms with Crippen molar-refractivity contribution >= 4 is 45.7 Å². The van der Waals surface area contributed by atoms with Crippen LogP contribution in [0.25, 0.3) is 22.0 Å². The van der Waals surface area contributed by atoms with Crippen molar-refractivity contribution in [2.24, 2.45) is 0 Å². The molecule has 3 aromatic rings. The van der Waals surface area contributed by atoms with Gasteiger partial charge in [-0.2, -0.15) is 0 Å². The van der Waals surface area contributed by atoms with Gasteiger partial charge in [-0.05, 0) is 37.1 Å². The molecule has 7 nitrogen and oxygen atoms in total. The van der Waals surface area contributed by atoms with Crippen LogP contribution in [-0.2, 0) is 9.59 Å². The van der Waals surface area contributed by atoms with Crippen LogP contribution in [0, 0.1) is 11.6 Å². The van der Waals surface area contributed by atoms with Crippen LogP contribution >= 0.6 is 11.6 Å². The van der Waals surface area contributed by atoms with Crippen molar-refractivity contribution in [3.63, 3.8) is 0 Å². The van der Waals surface area contributed by atoms with Crippen molar-refractivity contribution in [1.82, 2.24) is 9.88 Å². The van der Waals surface area contributed by atoms with E-state index in [1.165, 1.54) is 30.5 Å². The normalized spacial score (nSPS) is 16.7. The molecule has 0 saturated carbocycles. The molecule has 2 aliphatic rings. The average molecular weight is 485 g/mol. The van der Waals surface area contributed by atoms with Crippen LogP contribution < -0.4 is 10.6 Å². The van der Waals surface area contributed by atoms with Crippen LogP contribution in [0.5, 0.6) is 5.75 Å². The number of phenols is 1. The van der Waals surface area contributed by atoms with E-state index in [-0.39, 0.29) is 33.5 Å². The molecule has 1 aromatic heterocycles. The summed E-state index contributed by atoms with van der Waals surface area (Å²) in [5, 5.41) is 16.4. The zero-order valence-corrected chi connectivity index (χ0v) is 18.5. The maximum absolute atomic E-state index is 15.6. The molecule has 2 aromatic carbocycles. The van der Waals surface area contributed by atoms with Gasteiger partial charge < -0.3 is 20.6 Å². The maximum Gasteiger partial charge on any atom is 0.250 e. The van der Waals surface area contributed by atoms with Gasteiger partial charge in [-0.1, -0.05) is 24.2 Å². The number of phenolic OH excluding ortho intramolecular Hbond substituents is 1. The number of fused-ring (bicyclic) bond motifs is 3. The van der Waals surface area contributed by atoms with E-state index < -0.39 is 22.9 Å². The highest BCUT2D eigenvalue weighted by atomic mass is 35.5. The predicted octanol–water partition coefficient (Wildman–Crippen LogP) is 4.45. The Kier molecular flexibility index (Phi) is 5.16. The minimum absolute atomic E-state index is 0.0983. The molecule has 0 unspecified atom stereocenters. The molecule has 2 aliphatic heterocycles. The number of aromatic nitrogens is 1. The lowest BCUT2D eigenvalue weighted by Gasteiger charge is -2.44. The number of hydrogen-bond donors (Lipinski definition) is 3. The molecule has 3 heterocycles. The van der Waals surface area contributed by atoms with Crippen LogP contribution in [0.3, 0.4) is 0 Å². The molecule has 0 radical (unpaired) electrons. The van der Waals surface area contributed by atoms with Gasteiger partial charge in [0.2, 0.25) is 11.8 Å². The second-order valence-electron chi connectivity index (χ2n) is 8.32. The maximum atomic E-state index is 15.6. The third kappa shape index (κ3) is 3.27. The molecule has 1 saturated heterocycles. The zero-order chi connectivity index (χ0) is 24.2. The standard InChI is InChI=1S/C24H19ClF2N4O3/c1-2-17(33)31-8-6-24(7-9-31)23(34)29-15-11-28-22-12(21(15)30-24)10-13(25)18(20(22)27)19-14(26)4-3-5-16(19)32/h2-5,10-11,30,32H,1,6-9H2,(H,29,34). The Morgan fingerprint density at radius 3 is 2.68 bits per heavy atom. The summed E-state index contributed by atoms with van der Waals surface area (Å²) in [5.74, 6) is -2.67. The molecule has 3 N–H and O–H groups in total. The van der Waals surface area contributed by atoms with Crippen molar-refractivity contribution in [1.29, 1.82) is 0 Å². The smallest absolute Gasteiger partial charge is 0.250 e. The van der Waals surface area contributed by atoms with E-state index in [1.54, 1.807) is 4.90 Å². The molecule has 0 aliphatic carbocycles. The van der Waals surface area contributed by atoms with E-state index >= 15 is 4.39 Å². The topological polar surface area (TPSA) is 94.6 Å². The lowest BCUT2D eigenvalue weighted by atomic mass is 9.84. The number of pyridine rings is 1. The summed E-state index contributed by atoms with van der Waals surface area (Å²) in [6.07, 6.45) is 3.21. The predicted molar refractivity (Wildman–Crippen MR) is 125 cm³/mol. The molecule has 1 spiro atoms. The third-order valence-electron chi connectivity index (χ3n) is 6.45. The van der Waals surface area contributed by atoms with E-state index in [0.29, 0.717) is 42.7 Å². The van der Waals surface area contributed by atoms with Crippen molar-refractivity contribution in [2.45, 2.75) is 18.4 Å². The fraction of sp³-hybridized carbons (Fsp3) is 0.208. The van der Waals surface area contributed by atoms with Gasteiger partial charge >= 0.3 is 0 Å². The highest BCUT2D eigenvalue weighted by Gasteiger charge is 2.45. The average Bonchev–Trinajstić information content (AvgIpc) is 2.82. The number of likely N-dealkylation sites (tertiary alicyclic amines) is 1. The number of carbonyl (C=O) groups is 2. The first kappa shape index (κ1) is 22.1. The molecule has 5 rings (SSSR count). The SMILES string of the molecule is C=CC(=O)N1CCC2(CC1)Nc1c(cnc3c(F)c(-c4c(O)cccc4F)c(Cl)cc13)NC2=O. The van der Waals surface area contributed by atoms with Gasteiger partial charge in [0.1, 0.15) is 22.6 Å². The Morgan fingerprint density at radius 2 is 2.00 bits per heavy atom. The molecule has 0 atom stereocenters. The molecule has 1 fully saturated rings. The van der Waals surface area contributed by atoms with Gasteiger partial charge in [-0.15, -0.1) is 0 Å². The Hall–Kier alpha value is -3.72. The number of nitrogens with zero attached hydrogens (tertiary/aromatic N) is 2. The largest absolute Gasteiger partial charge is 0.507 e. The first-order chi connectivity index (χ1) is 16.3. The summed E-state index contributed by atoms with van der Waals surface area (Å²) < 4.78 is 30.1. The Bertz CT molecular complexity index is 1370. The Labute approximate surface area is 198 Å². The van der Waals surface area contributed by atoms with Gasteiger partial charge in [0.05, 0.1) is 28.2 Å². The third-order valence-corrected chi connectivity index (χ3v) is 6.74. The lowest BCUT2D eigenvalue weighted by Crippen LogP contribution is -2.59. The number of hydrogen-bond acceptors (Lipinski definition) is 5. The lowest BCUT2D eigenvalue weighted by molar-refractivity contribution is -0.130.